The average Bonchev–Trinajstić information content (AvgIpc) is 3.07. The fourth-order valence-electron chi connectivity index (χ4n) is 2.68. The molecule has 2 heterocycles. The summed E-state index contributed by atoms with van der Waals surface area (Å²) in [5.41, 5.74) is 0.910. The molecule has 1 aliphatic carbocycles. The van der Waals surface area contributed by atoms with Gasteiger partial charge in [-0.1, -0.05) is 0 Å². The molecule has 1 fully saturated rings. The molecule has 1 aliphatic rings. The van der Waals surface area contributed by atoms with Gasteiger partial charge in [0.1, 0.15) is 0 Å². The molecule has 2 atom stereocenters. The van der Waals surface area contributed by atoms with Crippen molar-refractivity contribution in [1.29, 1.82) is 0 Å². The van der Waals surface area contributed by atoms with Gasteiger partial charge in [0.15, 0.2) is 4.96 Å². The number of imidazole rings is 1. The third-order valence-corrected chi connectivity index (χ3v) is 4.61. The summed E-state index contributed by atoms with van der Waals surface area (Å²) >= 11 is 1.50. The summed E-state index contributed by atoms with van der Waals surface area (Å²) in [6.45, 7) is 0. The van der Waals surface area contributed by atoms with Crippen molar-refractivity contribution in [3.63, 3.8) is 0 Å². The number of nitrogens with one attached hydrogen (secondary N) is 1. The average molecular weight is 293 g/mol. The number of rotatable bonds is 4. The number of hydrogen-bond acceptors (Lipinski definition) is 4. The predicted molar refractivity (Wildman–Crippen MR) is 73.7 cm³/mol. The van der Waals surface area contributed by atoms with Gasteiger partial charge in [-0.15, -0.1) is 11.3 Å². The van der Waals surface area contributed by atoms with Crippen molar-refractivity contribution in [3.05, 3.63) is 23.5 Å². The summed E-state index contributed by atoms with van der Waals surface area (Å²) < 4.78 is 1.90. The van der Waals surface area contributed by atoms with E-state index in [-0.39, 0.29) is 17.9 Å². The first-order valence-corrected chi connectivity index (χ1v) is 7.43. The molecular weight excluding hydrogens is 278 g/mol. The molecule has 0 bridgehead atoms. The minimum Gasteiger partial charge on any atom is -0.481 e. The minimum atomic E-state index is -0.764. The van der Waals surface area contributed by atoms with Crippen molar-refractivity contribution in [1.82, 2.24) is 14.7 Å². The van der Waals surface area contributed by atoms with E-state index in [1.54, 1.807) is 6.20 Å². The predicted octanol–water partition coefficient (Wildman–Crippen LogP) is 1.31. The van der Waals surface area contributed by atoms with E-state index < -0.39 is 5.97 Å². The highest BCUT2D eigenvalue weighted by atomic mass is 32.1. The minimum absolute atomic E-state index is 0.0134. The Kier molecular flexibility index (Phi) is 3.43. The molecule has 0 radical (unpaired) electrons. The molecule has 0 saturated heterocycles. The zero-order valence-corrected chi connectivity index (χ0v) is 11.6. The van der Waals surface area contributed by atoms with E-state index in [0.717, 1.165) is 17.1 Å². The fraction of sp³-hybridized carbons (Fsp3) is 0.462. The third-order valence-electron chi connectivity index (χ3n) is 3.71. The molecule has 0 aliphatic heterocycles. The molecule has 20 heavy (non-hydrogen) atoms. The van der Waals surface area contributed by atoms with Crippen LogP contribution in [-0.4, -0.2) is 32.4 Å². The molecule has 6 nitrogen and oxygen atoms in total. The number of hydrogen-bond donors (Lipinski definition) is 2. The van der Waals surface area contributed by atoms with Crippen molar-refractivity contribution in [2.24, 2.45) is 5.92 Å². The van der Waals surface area contributed by atoms with Crippen molar-refractivity contribution in [2.45, 2.75) is 31.7 Å². The molecule has 1 saturated carbocycles. The van der Waals surface area contributed by atoms with Crippen molar-refractivity contribution < 1.29 is 14.7 Å². The van der Waals surface area contributed by atoms with E-state index in [2.05, 4.69) is 10.3 Å². The lowest BCUT2D eigenvalue weighted by molar-refractivity contribution is -0.141. The Morgan fingerprint density at radius 2 is 2.35 bits per heavy atom. The standard InChI is InChI=1S/C13H15N3O3S/c17-11(15-9-2-1-8(5-9)12(18)19)6-10-7-20-13-14-3-4-16(10)13/h3-4,7-9H,1-2,5-6H2,(H,15,17)(H,18,19)/t8-,9+/m0/s1. The normalized spacial score (nSPS) is 22.2. The molecule has 0 spiro atoms. The van der Waals surface area contributed by atoms with Crippen LogP contribution in [0.1, 0.15) is 25.0 Å². The maximum Gasteiger partial charge on any atom is 0.306 e. The first-order valence-electron chi connectivity index (χ1n) is 6.55. The molecule has 1 amide bonds. The Morgan fingerprint density at radius 3 is 3.10 bits per heavy atom. The summed E-state index contributed by atoms with van der Waals surface area (Å²) in [5.74, 6) is -1.14. The van der Waals surface area contributed by atoms with E-state index in [1.807, 2.05) is 16.0 Å². The van der Waals surface area contributed by atoms with Crippen LogP contribution in [0.2, 0.25) is 0 Å². The summed E-state index contributed by atoms with van der Waals surface area (Å²) in [6, 6.07) is -0.0134. The number of thiazole rings is 1. The summed E-state index contributed by atoms with van der Waals surface area (Å²) in [4.78, 5) is 27.9. The van der Waals surface area contributed by atoms with Gasteiger partial charge in [0.05, 0.1) is 12.3 Å². The second-order valence-electron chi connectivity index (χ2n) is 5.10. The van der Waals surface area contributed by atoms with Crippen LogP contribution in [0.25, 0.3) is 4.96 Å². The molecule has 2 aromatic rings. The van der Waals surface area contributed by atoms with Gasteiger partial charge in [0, 0.05) is 29.5 Å². The lowest BCUT2D eigenvalue weighted by Crippen LogP contribution is -2.34. The van der Waals surface area contributed by atoms with Crippen molar-refractivity contribution in [2.75, 3.05) is 0 Å². The van der Waals surface area contributed by atoms with E-state index in [9.17, 15) is 9.59 Å². The first kappa shape index (κ1) is 13.1. The number of fused-ring (bicyclic) bond motifs is 1. The van der Waals surface area contributed by atoms with Gasteiger partial charge in [-0.3, -0.25) is 14.0 Å². The summed E-state index contributed by atoms with van der Waals surface area (Å²) in [5, 5.41) is 13.8. The molecule has 3 rings (SSSR count). The Bertz CT molecular complexity index is 648. The lowest BCUT2D eigenvalue weighted by Gasteiger charge is -2.12. The second-order valence-corrected chi connectivity index (χ2v) is 5.93. The second kappa shape index (κ2) is 5.24. The van der Waals surface area contributed by atoms with Gasteiger partial charge in [0.25, 0.3) is 0 Å². The van der Waals surface area contributed by atoms with Crippen LogP contribution in [0, 0.1) is 5.92 Å². The summed E-state index contributed by atoms with van der Waals surface area (Å²) in [7, 11) is 0. The molecule has 0 aromatic carbocycles. The Labute approximate surface area is 119 Å². The highest BCUT2D eigenvalue weighted by Crippen LogP contribution is 2.25. The number of nitrogens with zero attached hydrogens (tertiary/aromatic N) is 2. The lowest BCUT2D eigenvalue weighted by atomic mass is 10.1. The van der Waals surface area contributed by atoms with Crippen LogP contribution < -0.4 is 5.32 Å². The molecular formula is C13H15N3O3S. The van der Waals surface area contributed by atoms with Crippen LogP contribution in [-0.2, 0) is 16.0 Å². The van der Waals surface area contributed by atoms with E-state index in [1.165, 1.54) is 11.3 Å². The molecule has 7 heteroatoms. The zero-order chi connectivity index (χ0) is 14.1. The quantitative estimate of drug-likeness (QED) is 0.890. The molecule has 0 unspecified atom stereocenters. The number of carbonyl (C=O) groups excluding carboxylic acids is 1. The first-order chi connectivity index (χ1) is 9.63. The number of amides is 1. The number of carboxylic acid groups (broad SMARTS) is 1. The number of carbonyl (C=O) groups is 2. The van der Waals surface area contributed by atoms with E-state index in [0.29, 0.717) is 19.3 Å². The van der Waals surface area contributed by atoms with E-state index >= 15 is 0 Å². The largest absolute Gasteiger partial charge is 0.481 e. The van der Waals surface area contributed by atoms with Crippen LogP contribution in [0.4, 0.5) is 0 Å². The van der Waals surface area contributed by atoms with Crippen LogP contribution in [0.15, 0.2) is 17.8 Å². The number of aliphatic carboxylic acids is 1. The van der Waals surface area contributed by atoms with Gasteiger partial charge >= 0.3 is 5.97 Å². The SMILES string of the molecule is O=C(Cc1csc2nccn12)N[C@@H]1CC[C@H](C(=O)O)C1. The zero-order valence-electron chi connectivity index (χ0n) is 10.8. The van der Waals surface area contributed by atoms with Crippen LogP contribution >= 0.6 is 11.3 Å². The Morgan fingerprint density at radius 1 is 1.50 bits per heavy atom. The third kappa shape index (κ3) is 2.53. The maximum absolute atomic E-state index is 12.0. The smallest absolute Gasteiger partial charge is 0.306 e. The molecule has 2 N–H and O–H groups in total. The molecule has 106 valence electrons. The van der Waals surface area contributed by atoms with Crippen molar-refractivity contribution >= 4 is 28.2 Å². The maximum atomic E-state index is 12.0. The van der Waals surface area contributed by atoms with Gasteiger partial charge in [0.2, 0.25) is 5.91 Å². The van der Waals surface area contributed by atoms with Gasteiger partial charge in [-0.05, 0) is 19.3 Å². The number of aromatic nitrogens is 2. The summed E-state index contributed by atoms with van der Waals surface area (Å²) in [6.07, 6.45) is 5.76. The van der Waals surface area contributed by atoms with Gasteiger partial charge in [-0.25, -0.2) is 4.98 Å². The van der Waals surface area contributed by atoms with Gasteiger partial charge < -0.3 is 10.4 Å². The van der Waals surface area contributed by atoms with E-state index in [4.69, 9.17) is 5.11 Å². The van der Waals surface area contributed by atoms with Crippen LogP contribution in [0.3, 0.4) is 0 Å². The monoisotopic (exact) mass is 293 g/mol. The topological polar surface area (TPSA) is 83.7 Å². The Hall–Kier alpha value is -1.89. The van der Waals surface area contributed by atoms with Crippen molar-refractivity contribution in [3.8, 4) is 0 Å². The fourth-order valence-corrected chi connectivity index (χ4v) is 3.53. The van der Waals surface area contributed by atoms with Crippen LogP contribution in [0.5, 0.6) is 0 Å². The highest BCUT2D eigenvalue weighted by Gasteiger charge is 2.30. The van der Waals surface area contributed by atoms with Gasteiger partial charge in [-0.2, -0.15) is 0 Å². The Balaban J connectivity index is 1.58. The highest BCUT2D eigenvalue weighted by molar-refractivity contribution is 7.15. The number of carboxylic acids is 1. The molecule has 2 aromatic heterocycles.